The van der Waals surface area contributed by atoms with Crippen LogP contribution in [-0.4, -0.2) is 0 Å². The van der Waals surface area contributed by atoms with Crippen molar-refractivity contribution >= 4 is 0 Å². The Morgan fingerprint density at radius 1 is 1.53 bits per heavy atom. The minimum Gasteiger partial charge on any atom is -0.0998 e. The van der Waals surface area contributed by atoms with Crippen molar-refractivity contribution in [3.8, 4) is 0 Å². The van der Waals surface area contributed by atoms with Gasteiger partial charge in [0.15, 0.2) is 0 Å². The summed E-state index contributed by atoms with van der Waals surface area (Å²) in [4.78, 5) is 0. The lowest BCUT2D eigenvalue weighted by atomic mass is 9.71. The Bertz CT molecular complexity index is 341. The van der Waals surface area contributed by atoms with E-state index in [0.29, 0.717) is 5.41 Å². The van der Waals surface area contributed by atoms with Gasteiger partial charge in [-0.2, -0.15) is 0 Å². The molecule has 0 bridgehead atoms. The maximum atomic E-state index is 4.29. The highest BCUT2D eigenvalue weighted by molar-refractivity contribution is 5.42. The first-order valence-electron chi connectivity index (χ1n) is 5.96. The summed E-state index contributed by atoms with van der Waals surface area (Å²) in [5.74, 6) is 1.75. The summed E-state index contributed by atoms with van der Waals surface area (Å²) >= 11 is 0. The molecule has 0 aromatic carbocycles. The second kappa shape index (κ2) is 3.37. The Labute approximate surface area is 93.8 Å². The van der Waals surface area contributed by atoms with Gasteiger partial charge in [0.2, 0.25) is 0 Å². The number of hydrogen-bond acceptors (Lipinski definition) is 0. The first-order chi connectivity index (χ1) is 6.92. The maximum absolute atomic E-state index is 4.29. The third-order valence-electron chi connectivity index (χ3n) is 3.87. The van der Waals surface area contributed by atoms with Crippen LogP contribution in [0.3, 0.4) is 0 Å². The fourth-order valence-electron chi connectivity index (χ4n) is 2.98. The van der Waals surface area contributed by atoms with Crippen molar-refractivity contribution in [3.63, 3.8) is 0 Å². The molecule has 2 saturated carbocycles. The lowest BCUT2D eigenvalue weighted by Crippen LogP contribution is -2.22. The van der Waals surface area contributed by atoms with Gasteiger partial charge < -0.3 is 0 Å². The fraction of sp³-hybridized carbons (Fsp3) is 0.600. The van der Waals surface area contributed by atoms with Crippen molar-refractivity contribution in [2.75, 3.05) is 0 Å². The van der Waals surface area contributed by atoms with E-state index in [1.165, 1.54) is 29.6 Å². The van der Waals surface area contributed by atoms with Crippen LogP contribution in [0.5, 0.6) is 0 Å². The molecular weight excluding hydrogens is 180 g/mol. The van der Waals surface area contributed by atoms with E-state index < -0.39 is 0 Å². The van der Waals surface area contributed by atoms with Gasteiger partial charge >= 0.3 is 0 Å². The molecule has 15 heavy (non-hydrogen) atoms. The molecule has 0 heteroatoms. The second-order valence-corrected chi connectivity index (χ2v) is 5.99. The summed E-state index contributed by atoms with van der Waals surface area (Å²) in [5, 5.41) is 0. The fourth-order valence-corrected chi connectivity index (χ4v) is 2.98. The number of fused-ring (bicyclic) bond motifs is 1. The zero-order valence-electron chi connectivity index (χ0n) is 10.3. The molecule has 0 aromatic heterocycles. The molecule has 0 spiro atoms. The quantitative estimate of drug-likeness (QED) is 0.578. The molecule has 0 aromatic rings. The van der Waals surface area contributed by atoms with Gasteiger partial charge in [-0.15, -0.1) is 0 Å². The zero-order chi connectivity index (χ0) is 11.2. The highest BCUT2D eigenvalue weighted by Crippen LogP contribution is 2.60. The Morgan fingerprint density at radius 3 is 2.80 bits per heavy atom. The molecule has 0 aliphatic heterocycles. The van der Waals surface area contributed by atoms with Crippen LogP contribution in [0.4, 0.5) is 0 Å². The van der Waals surface area contributed by atoms with Gasteiger partial charge in [-0.05, 0) is 54.6 Å². The van der Waals surface area contributed by atoms with E-state index in [1.54, 1.807) is 0 Å². The molecular formula is C15H22. The van der Waals surface area contributed by atoms with E-state index in [0.717, 1.165) is 18.3 Å². The Hall–Kier alpha value is -0.780. The summed E-state index contributed by atoms with van der Waals surface area (Å²) in [6.07, 6.45) is 6.10. The van der Waals surface area contributed by atoms with Crippen LogP contribution in [-0.2, 0) is 0 Å². The predicted molar refractivity (Wildman–Crippen MR) is 66.6 cm³/mol. The molecule has 2 fully saturated rings. The van der Waals surface area contributed by atoms with Crippen molar-refractivity contribution in [2.24, 2.45) is 17.3 Å². The number of rotatable bonds is 2. The third kappa shape index (κ3) is 1.95. The van der Waals surface area contributed by atoms with E-state index in [-0.39, 0.29) is 0 Å². The van der Waals surface area contributed by atoms with Crippen LogP contribution >= 0.6 is 0 Å². The van der Waals surface area contributed by atoms with Gasteiger partial charge in [-0.25, -0.2) is 0 Å². The van der Waals surface area contributed by atoms with Crippen molar-refractivity contribution in [2.45, 2.75) is 40.0 Å². The van der Waals surface area contributed by atoms with Crippen LogP contribution in [0.25, 0.3) is 0 Å². The lowest BCUT2D eigenvalue weighted by Gasteiger charge is -2.34. The average molecular weight is 202 g/mol. The Morgan fingerprint density at radius 2 is 2.20 bits per heavy atom. The molecule has 2 atom stereocenters. The highest BCUT2D eigenvalue weighted by Gasteiger charge is 2.49. The molecule has 2 aliphatic carbocycles. The molecule has 2 unspecified atom stereocenters. The summed E-state index contributed by atoms with van der Waals surface area (Å²) in [7, 11) is 0. The van der Waals surface area contributed by atoms with E-state index in [9.17, 15) is 0 Å². The van der Waals surface area contributed by atoms with Gasteiger partial charge in [0, 0.05) is 0 Å². The van der Waals surface area contributed by atoms with Crippen molar-refractivity contribution in [3.05, 3.63) is 36.0 Å². The van der Waals surface area contributed by atoms with Crippen molar-refractivity contribution in [1.82, 2.24) is 0 Å². The first-order valence-corrected chi connectivity index (χ1v) is 5.96. The standard InChI is InChI=1S/C15H22/c1-10(2)6-7-14-11(3)13-8-12(13)9-15(14,4)5/h7,12-13H,1,3,6,8-9H2,2,4-5H3. The molecule has 2 aliphatic rings. The third-order valence-corrected chi connectivity index (χ3v) is 3.87. The van der Waals surface area contributed by atoms with Crippen LogP contribution in [0.2, 0.25) is 0 Å². The van der Waals surface area contributed by atoms with Crippen LogP contribution < -0.4 is 0 Å². The van der Waals surface area contributed by atoms with Crippen LogP contribution in [0.1, 0.15) is 40.0 Å². The van der Waals surface area contributed by atoms with E-state index in [2.05, 4.69) is 40.0 Å². The molecule has 2 rings (SSSR count). The first kappa shape index (κ1) is 10.7. The Kier molecular flexibility index (Phi) is 2.41. The van der Waals surface area contributed by atoms with E-state index >= 15 is 0 Å². The Balaban J connectivity index is 2.22. The molecule has 82 valence electrons. The van der Waals surface area contributed by atoms with Gasteiger partial charge in [0.05, 0.1) is 0 Å². The van der Waals surface area contributed by atoms with Gasteiger partial charge in [-0.3, -0.25) is 0 Å². The lowest BCUT2D eigenvalue weighted by molar-refractivity contribution is 0.354. The number of allylic oxidation sites excluding steroid dienone is 4. The molecule has 0 radical (unpaired) electrons. The number of hydrogen-bond donors (Lipinski definition) is 0. The molecule has 0 N–H and O–H groups in total. The largest absolute Gasteiger partial charge is 0.0998 e. The summed E-state index contributed by atoms with van der Waals surface area (Å²) in [6, 6.07) is 0. The monoisotopic (exact) mass is 202 g/mol. The topological polar surface area (TPSA) is 0 Å². The molecule has 0 saturated heterocycles. The smallest absolute Gasteiger partial charge is 0.0101 e. The SMILES string of the molecule is C=C(C)CC=C1C(=C)C2CC2CC1(C)C. The molecule has 0 heterocycles. The van der Waals surface area contributed by atoms with Gasteiger partial charge in [0.1, 0.15) is 0 Å². The van der Waals surface area contributed by atoms with Crippen molar-refractivity contribution < 1.29 is 0 Å². The second-order valence-electron chi connectivity index (χ2n) is 5.99. The summed E-state index contributed by atoms with van der Waals surface area (Å²) < 4.78 is 0. The van der Waals surface area contributed by atoms with Gasteiger partial charge in [0.25, 0.3) is 0 Å². The average Bonchev–Trinajstić information content (AvgIpc) is 2.80. The summed E-state index contributed by atoms with van der Waals surface area (Å²) in [6.45, 7) is 15.1. The normalized spacial score (nSPS) is 35.1. The minimum absolute atomic E-state index is 0.338. The summed E-state index contributed by atoms with van der Waals surface area (Å²) in [5.41, 5.74) is 4.50. The molecule has 0 nitrogen and oxygen atoms in total. The highest BCUT2D eigenvalue weighted by atomic mass is 14.5. The van der Waals surface area contributed by atoms with Crippen LogP contribution in [0, 0.1) is 17.3 Å². The molecule has 0 amide bonds. The van der Waals surface area contributed by atoms with E-state index in [1.807, 2.05) is 0 Å². The van der Waals surface area contributed by atoms with Gasteiger partial charge in [-0.1, -0.05) is 38.7 Å². The predicted octanol–water partition coefficient (Wildman–Crippen LogP) is 4.50. The van der Waals surface area contributed by atoms with Crippen molar-refractivity contribution in [1.29, 1.82) is 0 Å². The maximum Gasteiger partial charge on any atom is -0.0101 e. The zero-order valence-corrected chi connectivity index (χ0v) is 10.3. The van der Waals surface area contributed by atoms with Crippen LogP contribution in [0.15, 0.2) is 36.0 Å². The minimum atomic E-state index is 0.338. The van der Waals surface area contributed by atoms with E-state index in [4.69, 9.17) is 0 Å².